The number of amides is 2. The molecule has 0 saturated carbocycles. The Morgan fingerprint density at radius 2 is 1.73 bits per heavy atom. The van der Waals surface area contributed by atoms with Gasteiger partial charge in [0.1, 0.15) is 11.3 Å². The summed E-state index contributed by atoms with van der Waals surface area (Å²) in [4.78, 5) is 36.8. The number of phenols is 1. The number of esters is 1. The van der Waals surface area contributed by atoms with Crippen LogP contribution in [0.25, 0.3) is 0 Å². The lowest BCUT2D eigenvalue weighted by atomic mass is 9.92. The number of hydrogen-bond acceptors (Lipinski definition) is 5. The van der Waals surface area contributed by atoms with Crippen molar-refractivity contribution in [3.05, 3.63) is 28.8 Å². The van der Waals surface area contributed by atoms with Crippen LogP contribution in [0.4, 0.5) is 0 Å². The Labute approximate surface area is 154 Å². The minimum atomic E-state index is -0.777. The number of ether oxygens (including phenoxy) is 1. The molecule has 0 saturated heterocycles. The highest BCUT2D eigenvalue weighted by atomic mass is 16.5. The predicted octanol–water partition coefficient (Wildman–Crippen LogP) is 2.00. The number of carbonyl (C=O) groups is 3. The quantitative estimate of drug-likeness (QED) is 0.722. The zero-order valence-corrected chi connectivity index (χ0v) is 16.3. The number of phenolic OH excluding ortho intramolecular Hbond substituents is 1. The third kappa shape index (κ3) is 5.75. The Kier molecular flexibility index (Phi) is 7.61. The summed E-state index contributed by atoms with van der Waals surface area (Å²) in [5, 5.41) is 12.8. The van der Waals surface area contributed by atoms with Crippen molar-refractivity contribution >= 4 is 17.8 Å². The molecule has 26 heavy (non-hydrogen) atoms. The maximum Gasteiger partial charge on any atom is 0.342 e. The van der Waals surface area contributed by atoms with E-state index in [9.17, 15) is 19.5 Å². The second-order valence-corrected chi connectivity index (χ2v) is 6.96. The molecule has 1 aromatic carbocycles. The number of benzene rings is 1. The average Bonchev–Trinajstić information content (AvgIpc) is 2.56. The van der Waals surface area contributed by atoms with Crippen molar-refractivity contribution in [1.29, 1.82) is 0 Å². The Morgan fingerprint density at radius 1 is 1.12 bits per heavy atom. The van der Waals surface area contributed by atoms with E-state index in [4.69, 9.17) is 4.74 Å². The molecule has 0 radical (unpaired) electrons. The molecule has 144 valence electrons. The highest BCUT2D eigenvalue weighted by Gasteiger charge is 2.21. The van der Waals surface area contributed by atoms with E-state index in [0.717, 1.165) is 5.56 Å². The van der Waals surface area contributed by atoms with Gasteiger partial charge in [-0.2, -0.15) is 0 Å². The topological polar surface area (TPSA) is 95.9 Å². The fraction of sp³-hybridized carbons (Fsp3) is 0.526. The number of nitrogens with one attached hydrogen (secondary N) is 1. The smallest absolute Gasteiger partial charge is 0.342 e. The molecular formula is C19H28N2O5. The van der Waals surface area contributed by atoms with Crippen LogP contribution < -0.4 is 5.32 Å². The minimum absolute atomic E-state index is 0.0283. The maximum absolute atomic E-state index is 12.3. The summed E-state index contributed by atoms with van der Waals surface area (Å²) < 4.78 is 5.00. The molecule has 7 heteroatoms. The molecule has 0 aromatic heterocycles. The van der Waals surface area contributed by atoms with Crippen LogP contribution in [0.5, 0.6) is 5.75 Å². The summed E-state index contributed by atoms with van der Waals surface area (Å²) in [5.41, 5.74) is 1.60. The number of aromatic hydroxyl groups is 1. The van der Waals surface area contributed by atoms with Gasteiger partial charge >= 0.3 is 5.97 Å². The lowest BCUT2D eigenvalue weighted by Gasteiger charge is -2.16. The third-order valence-electron chi connectivity index (χ3n) is 3.94. The van der Waals surface area contributed by atoms with E-state index in [1.54, 1.807) is 20.2 Å². The van der Waals surface area contributed by atoms with Crippen molar-refractivity contribution in [2.24, 2.45) is 0 Å². The molecule has 2 N–H and O–H groups in total. The van der Waals surface area contributed by atoms with Crippen LogP contribution in [-0.4, -0.2) is 55.0 Å². The second kappa shape index (κ2) is 9.22. The molecule has 0 aliphatic heterocycles. The standard InChI is InChI=1S/C19H28N2O5/c1-11(2)13-7-14(12(3)4)18(24)15(8-13)19(25)26-10-16(22)20-9-17(23)21(5)6/h7-8,11-12,24H,9-10H2,1-6H3,(H,20,22). The van der Waals surface area contributed by atoms with Crippen molar-refractivity contribution in [2.75, 3.05) is 27.2 Å². The first-order valence-corrected chi connectivity index (χ1v) is 8.55. The molecule has 2 amide bonds. The van der Waals surface area contributed by atoms with E-state index in [0.29, 0.717) is 5.56 Å². The van der Waals surface area contributed by atoms with E-state index in [-0.39, 0.29) is 35.6 Å². The highest BCUT2D eigenvalue weighted by molar-refractivity contribution is 5.95. The van der Waals surface area contributed by atoms with Gasteiger partial charge in [-0.3, -0.25) is 9.59 Å². The molecule has 0 heterocycles. The van der Waals surface area contributed by atoms with Crippen molar-refractivity contribution in [3.8, 4) is 5.75 Å². The fourth-order valence-electron chi connectivity index (χ4n) is 2.20. The summed E-state index contributed by atoms with van der Waals surface area (Å²) in [6.07, 6.45) is 0. The van der Waals surface area contributed by atoms with E-state index >= 15 is 0 Å². The molecule has 0 unspecified atom stereocenters. The van der Waals surface area contributed by atoms with Crippen molar-refractivity contribution in [1.82, 2.24) is 10.2 Å². The SMILES string of the molecule is CC(C)c1cc(C(=O)OCC(=O)NCC(=O)N(C)C)c(O)c(C(C)C)c1. The number of hydrogen-bond donors (Lipinski definition) is 2. The van der Waals surface area contributed by atoms with Gasteiger partial charge in [-0.15, -0.1) is 0 Å². The Morgan fingerprint density at radius 3 is 2.23 bits per heavy atom. The number of nitrogens with zero attached hydrogens (tertiary/aromatic N) is 1. The van der Waals surface area contributed by atoms with Crippen LogP contribution in [0, 0.1) is 0 Å². The van der Waals surface area contributed by atoms with Gasteiger partial charge in [-0.05, 0) is 29.0 Å². The van der Waals surface area contributed by atoms with Crippen molar-refractivity contribution < 1.29 is 24.2 Å². The number of likely N-dealkylation sites (N-methyl/N-ethyl adjacent to an activating group) is 1. The van der Waals surface area contributed by atoms with Crippen LogP contribution >= 0.6 is 0 Å². The molecule has 0 aliphatic rings. The molecule has 0 bridgehead atoms. The van der Waals surface area contributed by atoms with E-state index in [2.05, 4.69) is 5.32 Å². The minimum Gasteiger partial charge on any atom is -0.507 e. The highest BCUT2D eigenvalue weighted by Crippen LogP contribution is 2.33. The largest absolute Gasteiger partial charge is 0.507 e. The summed E-state index contributed by atoms with van der Waals surface area (Å²) >= 11 is 0. The van der Waals surface area contributed by atoms with Crippen LogP contribution in [0.3, 0.4) is 0 Å². The van der Waals surface area contributed by atoms with Gasteiger partial charge in [0.05, 0.1) is 6.54 Å². The number of carbonyl (C=O) groups excluding carboxylic acids is 3. The Bertz CT molecular complexity index is 681. The first kappa shape index (κ1) is 21.5. The van der Waals surface area contributed by atoms with Crippen LogP contribution in [0.2, 0.25) is 0 Å². The van der Waals surface area contributed by atoms with Gasteiger partial charge < -0.3 is 20.1 Å². The first-order valence-electron chi connectivity index (χ1n) is 8.55. The predicted molar refractivity (Wildman–Crippen MR) is 98.3 cm³/mol. The van der Waals surface area contributed by atoms with Gasteiger partial charge in [0.25, 0.3) is 5.91 Å². The Hall–Kier alpha value is -2.57. The lowest BCUT2D eigenvalue weighted by Crippen LogP contribution is -2.38. The summed E-state index contributed by atoms with van der Waals surface area (Å²) in [6.45, 7) is 7.12. The van der Waals surface area contributed by atoms with Gasteiger partial charge in [-0.25, -0.2) is 4.79 Å². The zero-order chi connectivity index (χ0) is 20.0. The molecule has 0 fully saturated rings. The van der Waals surface area contributed by atoms with E-state index in [1.807, 2.05) is 33.8 Å². The molecule has 0 aliphatic carbocycles. The fourth-order valence-corrected chi connectivity index (χ4v) is 2.20. The molecule has 1 aromatic rings. The van der Waals surface area contributed by atoms with E-state index in [1.165, 1.54) is 4.90 Å². The van der Waals surface area contributed by atoms with Crippen LogP contribution in [-0.2, 0) is 14.3 Å². The normalized spacial score (nSPS) is 10.8. The van der Waals surface area contributed by atoms with Gasteiger partial charge in [0, 0.05) is 14.1 Å². The van der Waals surface area contributed by atoms with Crippen molar-refractivity contribution in [2.45, 2.75) is 39.5 Å². The average molecular weight is 364 g/mol. The summed E-state index contributed by atoms with van der Waals surface area (Å²) in [6, 6.07) is 3.46. The summed E-state index contributed by atoms with van der Waals surface area (Å²) in [7, 11) is 3.15. The van der Waals surface area contributed by atoms with Gasteiger partial charge in [0.2, 0.25) is 5.91 Å². The van der Waals surface area contributed by atoms with Crippen molar-refractivity contribution in [3.63, 3.8) is 0 Å². The second-order valence-electron chi connectivity index (χ2n) is 6.96. The number of rotatable bonds is 7. The summed E-state index contributed by atoms with van der Waals surface area (Å²) in [5.74, 6) is -1.56. The lowest BCUT2D eigenvalue weighted by molar-refractivity contribution is -0.131. The van der Waals surface area contributed by atoms with Crippen LogP contribution in [0.15, 0.2) is 12.1 Å². The van der Waals surface area contributed by atoms with Crippen LogP contribution in [0.1, 0.15) is 61.0 Å². The molecule has 1 rings (SSSR count). The third-order valence-corrected chi connectivity index (χ3v) is 3.94. The molecule has 0 atom stereocenters. The molecule has 0 spiro atoms. The zero-order valence-electron chi connectivity index (χ0n) is 16.3. The van der Waals surface area contributed by atoms with Gasteiger partial charge in [-0.1, -0.05) is 33.8 Å². The maximum atomic E-state index is 12.3. The van der Waals surface area contributed by atoms with Gasteiger partial charge in [0.15, 0.2) is 6.61 Å². The first-order chi connectivity index (χ1) is 12.0. The van der Waals surface area contributed by atoms with E-state index < -0.39 is 18.5 Å². The molecule has 7 nitrogen and oxygen atoms in total. The Balaban J connectivity index is 2.84. The monoisotopic (exact) mass is 364 g/mol. The molecular weight excluding hydrogens is 336 g/mol.